The van der Waals surface area contributed by atoms with Gasteiger partial charge in [-0.1, -0.05) is 0 Å². The van der Waals surface area contributed by atoms with Crippen LogP contribution in [-0.2, 0) is 0 Å². The zero-order valence-electron chi connectivity index (χ0n) is 10.3. The Morgan fingerprint density at radius 1 is 1.35 bits per heavy atom. The molecule has 2 atom stereocenters. The summed E-state index contributed by atoms with van der Waals surface area (Å²) in [5, 5.41) is 8.07. The van der Waals surface area contributed by atoms with Crippen molar-refractivity contribution in [1.29, 1.82) is 0 Å². The highest BCUT2D eigenvalue weighted by atomic mass is 32.2. The van der Waals surface area contributed by atoms with Gasteiger partial charge in [-0.2, -0.15) is 16.9 Å². The zero-order chi connectivity index (χ0) is 11.5. The molecule has 17 heavy (non-hydrogen) atoms. The van der Waals surface area contributed by atoms with E-state index < -0.39 is 0 Å². The number of thioether (sulfide) groups is 1. The van der Waals surface area contributed by atoms with E-state index >= 15 is 0 Å². The van der Waals surface area contributed by atoms with Gasteiger partial charge in [0.15, 0.2) is 0 Å². The Kier molecular flexibility index (Phi) is 3.71. The van der Waals surface area contributed by atoms with Crippen LogP contribution in [0.2, 0.25) is 0 Å². The van der Waals surface area contributed by atoms with Gasteiger partial charge in [-0.15, -0.1) is 0 Å². The van der Waals surface area contributed by atoms with Gasteiger partial charge in [0.1, 0.15) is 0 Å². The third-order valence-electron chi connectivity index (χ3n) is 3.90. The topological polar surface area (TPSA) is 29.9 Å². The summed E-state index contributed by atoms with van der Waals surface area (Å²) in [5.74, 6) is 3.26. The first kappa shape index (κ1) is 11.6. The molecule has 0 amide bonds. The second-order valence-electron chi connectivity index (χ2n) is 5.17. The largest absolute Gasteiger partial charge is 0.316 e. The summed E-state index contributed by atoms with van der Waals surface area (Å²) in [5.41, 5.74) is 1.44. The van der Waals surface area contributed by atoms with Crippen molar-refractivity contribution in [2.24, 2.45) is 0 Å². The van der Waals surface area contributed by atoms with Gasteiger partial charge >= 0.3 is 0 Å². The fraction of sp³-hybridized carbons (Fsp3) is 0.769. The fourth-order valence-electron chi connectivity index (χ4n) is 2.83. The predicted octanol–water partition coefficient (Wildman–Crippen LogP) is 2.42. The molecule has 2 fully saturated rings. The number of rotatable bonds is 2. The second-order valence-corrected chi connectivity index (χ2v) is 6.32. The number of aromatic nitrogens is 2. The van der Waals surface area contributed by atoms with E-state index in [4.69, 9.17) is 0 Å². The molecule has 1 aromatic heterocycles. The van der Waals surface area contributed by atoms with Gasteiger partial charge in [-0.25, -0.2) is 0 Å². The lowest BCUT2D eigenvalue weighted by Gasteiger charge is -2.23. The minimum absolute atomic E-state index is 0.638. The van der Waals surface area contributed by atoms with Crippen molar-refractivity contribution in [1.82, 2.24) is 15.1 Å². The van der Waals surface area contributed by atoms with Gasteiger partial charge in [0.25, 0.3) is 0 Å². The maximum Gasteiger partial charge on any atom is 0.0609 e. The van der Waals surface area contributed by atoms with Crippen LogP contribution in [0, 0.1) is 0 Å². The quantitative estimate of drug-likeness (QED) is 0.875. The van der Waals surface area contributed by atoms with E-state index in [1.165, 1.54) is 49.3 Å². The maximum absolute atomic E-state index is 4.59. The van der Waals surface area contributed by atoms with E-state index in [0.29, 0.717) is 12.0 Å². The third kappa shape index (κ3) is 2.68. The Bertz CT molecular complexity index is 319. The third-order valence-corrected chi connectivity index (χ3v) is 5.10. The summed E-state index contributed by atoms with van der Waals surface area (Å²) < 4.78 is 2.22. The monoisotopic (exact) mass is 251 g/mol. The van der Waals surface area contributed by atoms with Crippen LogP contribution < -0.4 is 5.32 Å². The first-order chi connectivity index (χ1) is 8.43. The number of nitrogens with zero attached hydrogens (tertiary/aromatic N) is 2. The molecule has 2 aliphatic heterocycles. The fourth-order valence-corrected chi connectivity index (χ4v) is 3.96. The minimum Gasteiger partial charge on any atom is -0.316 e. The number of nitrogens with one attached hydrogen (secondary N) is 1. The molecule has 0 radical (unpaired) electrons. The van der Waals surface area contributed by atoms with Crippen molar-refractivity contribution in [2.45, 2.75) is 37.6 Å². The highest BCUT2D eigenvalue weighted by Gasteiger charge is 2.20. The first-order valence-corrected chi connectivity index (χ1v) is 7.91. The summed E-state index contributed by atoms with van der Waals surface area (Å²) in [6.45, 7) is 2.31. The van der Waals surface area contributed by atoms with Gasteiger partial charge in [-0.3, -0.25) is 4.68 Å². The van der Waals surface area contributed by atoms with Gasteiger partial charge in [0.2, 0.25) is 0 Å². The molecule has 1 N–H and O–H groups in total. The normalized spacial score (nSPS) is 30.4. The van der Waals surface area contributed by atoms with Crippen molar-refractivity contribution in [3.05, 3.63) is 18.0 Å². The SMILES string of the molecule is c1nn(C2CCCSC2)cc1C1CCCNC1. The van der Waals surface area contributed by atoms with Gasteiger partial charge in [-0.05, 0) is 49.5 Å². The summed E-state index contributed by atoms with van der Waals surface area (Å²) in [7, 11) is 0. The van der Waals surface area contributed by atoms with Crippen LogP contribution in [0.4, 0.5) is 0 Å². The highest BCUT2D eigenvalue weighted by molar-refractivity contribution is 7.99. The Hall–Kier alpha value is -0.480. The molecule has 94 valence electrons. The molecule has 0 bridgehead atoms. The van der Waals surface area contributed by atoms with Crippen molar-refractivity contribution in [3.63, 3.8) is 0 Å². The van der Waals surface area contributed by atoms with Crippen molar-refractivity contribution in [2.75, 3.05) is 24.6 Å². The van der Waals surface area contributed by atoms with Crippen LogP contribution in [0.3, 0.4) is 0 Å². The molecule has 0 saturated carbocycles. The second kappa shape index (κ2) is 5.44. The van der Waals surface area contributed by atoms with Crippen LogP contribution in [-0.4, -0.2) is 34.4 Å². The molecule has 1 aromatic rings. The summed E-state index contributed by atoms with van der Waals surface area (Å²) in [6, 6.07) is 0.638. The zero-order valence-corrected chi connectivity index (χ0v) is 11.1. The number of hydrogen-bond donors (Lipinski definition) is 1. The minimum atomic E-state index is 0.638. The molecule has 4 heteroatoms. The average Bonchev–Trinajstić information content (AvgIpc) is 2.90. The molecule has 2 saturated heterocycles. The molecule has 3 heterocycles. The Balaban J connectivity index is 1.68. The lowest BCUT2D eigenvalue weighted by Crippen LogP contribution is -2.28. The van der Waals surface area contributed by atoms with Gasteiger partial charge < -0.3 is 5.32 Å². The smallest absolute Gasteiger partial charge is 0.0609 e. The van der Waals surface area contributed by atoms with Gasteiger partial charge in [0, 0.05) is 18.5 Å². The summed E-state index contributed by atoms with van der Waals surface area (Å²) in [6.07, 6.45) is 9.66. The van der Waals surface area contributed by atoms with Crippen LogP contribution in [0.5, 0.6) is 0 Å². The number of piperidine rings is 1. The van der Waals surface area contributed by atoms with Crippen LogP contribution >= 0.6 is 11.8 Å². The molecule has 2 unspecified atom stereocenters. The van der Waals surface area contributed by atoms with Gasteiger partial charge in [0.05, 0.1) is 12.2 Å². The molecular weight excluding hydrogens is 230 g/mol. The molecule has 0 aliphatic carbocycles. The first-order valence-electron chi connectivity index (χ1n) is 6.76. The molecular formula is C13H21N3S. The van der Waals surface area contributed by atoms with Crippen molar-refractivity contribution < 1.29 is 0 Å². The van der Waals surface area contributed by atoms with Crippen LogP contribution in [0.15, 0.2) is 12.4 Å². The Morgan fingerprint density at radius 3 is 3.12 bits per heavy atom. The Morgan fingerprint density at radius 2 is 2.35 bits per heavy atom. The number of hydrogen-bond acceptors (Lipinski definition) is 3. The molecule has 3 rings (SSSR count). The molecule has 0 aromatic carbocycles. The van der Waals surface area contributed by atoms with E-state index in [1.54, 1.807) is 0 Å². The van der Waals surface area contributed by atoms with E-state index in [-0.39, 0.29) is 0 Å². The maximum atomic E-state index is 4.59. The van der Waals surface area contributed by atoms with E-state index in [2.05, 4.69) is 39.3 Å². The van der Waals surface area contributed by atoms with E-state index in [1.807, 2.05) is 0 Å². The molecule has 0 spiro atoms. The van der Waals surface area contributed by atoms with E-state index in [0.717, 1.165) is 6.54 Å². The van der Waals surface area contributed by atoms with E-state index in [9.17, 15) is 0 Å². The molecule has 3 nitrogen and oxygen atoms in total. The lowest BCUT2D eigenvalue weighted by molar-refractivity contribution is 0.448. The lowest BCUT2D eigenvalue weighted by atomic mass is 9.94. The van der Waals surface area contributed by atoms with Crippen molar-refractivity contribution >= 4 is 11.8 Å². The average molecular weight is 251 g/mol. The summed E-state index contributed by atoms with van der Waals surface area (Å²) >= 11 is 2.07. The van der Waals surface area contributed by atoms with Crippen LogP contribution in [0.25, 0.3) is 0 Å². The molecule has 2 aliphatic rings. The standard InChI is InChI=1S/C13H21N3S/c1-3-11(7-14-5-1)12-8-15-16(9-12)13-4-2-6-17-10-13/h8-9,11,13-14H,1-7,10H2. The summed E-state index contributed by atoms with van der Waals surface area (Å²) in [4.78, 5) is 0. The van der Waals surface area contributed by atoms with Crippen LogP contribution in [0.1, 0.15) is 43.2 Å². The van der Waals surface area contributed by atoms with Crippen molar-refractivity contribution in [3.8, 4) is 0 Å². The predicted molar refractivity (Wildman–Crippen MR) is 72.7 cm³/mol. The Labute approximate surface area is 107 Å². The highest BCUT2D eigenvalue weighted by Crippen LogP contribution is 2.28.